The van der Waals surface area contributed by atoms with Crippen LogP contribution in [0.4, 0.5) is 0 Å². The summed E-state index contributed by atoms with van der Waals surface area (Å²) in [6, 6.07) is 6.27. The number of nitrogens with two attached hydrogens (primary N) is 1. The molecule has 76 valence electrons. The monoisotopic (exact) mass is 209 g/mol. The van der Waals surface area contributed by atoms with Crippen LogP contribution in [0.25, 0.3) is 0 Å². The fraction of sp³-hybridized carbons (Fsp3) is 0.455. The molecule has 2 rings (SSSR count). The van der Waals surface area contributed by atoms with Crippen molar-refractivity contribution in [1.82, 2.24) is 0 Å². The van der Waals surface area contributed by atoms with E-state index in [0.29, 0.717) is 6.54 Å². The second-order valence-corrected chi connectivity index (χ2v) is 5.51. The van der Waals surface area contributed by atoms with Crippen LogP contribution in [0.15, 0.2) is 23.1 Å². The molecule has 0 spiro atoms. The summed E-state index contributed by atoms with van der Waals surface area (Å²) in [5.74, 6) is 1.04. The van der Waals surface area contributed by atoms with Crippen LogP contribution in [0.5, 0.6) is 5.75 Å². The lowest BCUT2D eigenvalue weighted by Crippen LogP contribution is -2.18. The number of hydrogen-bond donors (Lipinski definition) is 1. The molecule has 2 N–H and O–H groups in total. The van der Waals surface area contributed by atoms with Gasteiger partial charge in [0.15, 0.2) is 4.93 Å². The molecule has 0 saturated heterocycles. The second kappa shape index (κ2) is 3.48. The Hall–Kier alpha value is -0.670. The average molecular weight is 209 g/mol. The second-order valence-electron chi connectivity index (χ2n) is 3.89. The van der Waals surface area contributed by atoms with Gasteiger partial charge >= 0.3 is 0 Å². The highest BCUT2D eigenvalue weighted by Gasteiger charge is 2.32. The number of fused-ring (bicyclic) bond motifs is 1. The first-order valence-corrected chi connectivity index (χ1v) is 5.64. The quantitative estimate of drug-likeness (QED) is 0.812. The topological polar surface area (TPSA) is 35.2 Å². The molecule has 0 aromatic heterocycles. The van der Waals surface area contributed by atoms with Crippen molar-refractivity contribution in [2.45, 2.75) is 30.1 Å². The molecule has 1 aliphatic heterocycles. The van der Waals surface area contributed by atoms with Gasteiger partial charge in [-0.15, -0.1) is 0 Å². The molecule has 0 fully saturated rings. The summed E-state index contributed by atoms with van der Waals surface area (Å²) >= 11 is 1.77. The third kappa shape index (κ3) is 1.74. The molecule has 0 amide bonds. The van der Waals surface area contributed by atoms with E-state index >= 15 is 0 Å². The van der Waals surface area contributed by atoms with Gasteiger partial charge in [-0.1, -0.05) is 23.9 Å². The lowest BCUT2D eigenvalue weighted by Gasteiger charge is -2.16. The number of benzene rings is 1. The van der Waals surface area contributed by atoms with E-state index in [4.69, 9.17) is 10.5 Å². The minimum atomic E-state index is -0.132. The maximum Gasteiger partial charge on any atom is 0.153 e. The first-order valence-electron chi connectivity index (χ1n) is 4.82. The molecule has 2 nitrogen and oxygen atoms in total. The minimum absolute atomic E-state index is 0.132. The van der Waals surface area contributed by atoms with Gasteiger partial charge in [-0.2, -0.15) is 0 Å². The first-order chi connectivity index (χ1) is 6.62. The molecular formula is C11H15NOS. The van der Waals surface area contributed by atoms with Gasteiger partial charge in [0.05, 0.1) is 4.90 Å². The van der Waals surface area contributed by atoms with E-state index in [9.17, 15) is 0 Å². The smallest absolute Gasteiger partial charge is 0.153 e. The van der Waals surface area contributed by atoms with Gasteiger partial charge in [0.1, 0.15) is 5.75 Å². The Labute approximate surface area is 88.8 Å². The molecule has 0 aliphatic carbocycles. The van der Waals surface area contributed by atoms with Gasteiger partial charge in [0.2, 0.25) is 0 Å². The van der Waals surface area contributed by atoms with E-state index in [0.717, 1.165) is 12.2 Å². The Kier molecular flexibility index (Phi) is 2.45. The maximum absolute atomic E-state index is 5.89. The zero-order valence-corrected chi connectivity index (χ0v) is 9.36. The summed E-state index contributed by atoms with van der Waals surface area (Å²) in [6.07, 6.45) is 0.889. The molecule has 0 bridgehead atoms. The van der Waals surface area contributed by atoms with Crippen LogP contribution in [0.1, 0.15) is 19.4 Å². The molecule has 14 heavy (non-hydrogen) atoms. The largest absolute Gasteiger partial charge is 0.475 e. The van der Waals surface area contributed by atoms with Crippen LogP contribution in [-0.2, 0) is 6.42 Å². The van der Waals surface area contributed by atoms with Gasteiger partial charge < -0.3 is 10.5 Å². The van der Waals surface area contributed by atoms with Crippen molar-refractivity contribution < 1.29 is 4.74 Å². The minimum Gasteiger partial charge on any atom is -0.475 e. The third-order valence-electron chi connectivity index (χ3n) is 2.18. The molecule has 1 aromatic rings. The molecule has 0 saturated carbocycles. The molecule has 0 atom stereocenters. The maximum atomic E-state index is 5.89. The van der Waals surface area contributed by atoms with Gasteiger partial charge in [-0.3, -0.25) is 0 Å². The Morgan fingerprint density at radius 1 is 1.43 bits per heavy atom. The fourth-order valence-corrected chi connectivity index (χ4v) is 2.71. The van der Waals surface area contributed by atoms with Crippen LogP contribution < -0.4 is 10.5 Å². The fourth-order valence-electron chi connectivity index (χ4n) is 1.64. The van der Waals surface area contributed by atoms with Gasteiger partial charge in [-0.05, 0) is 38.4 Å². The van der Waals surface area contributed by atoms with Crippen molar-refractivity contribution in [2.24, 2.45) is 5.73 Å². The van der Waals surface area contributed by atoms with Gasteiger partial charge in [0.25, 0.3) is 0 Å². The van der Waals surface area contributed by atoms with Crippen LogP contribution >= 0.6 is 11.8 Å². The van der Waals surface area contributed by atoms with E-state index in [2.05, 4.69) is 32.0 Å². The number of para-hydroxylation sites is 1. The van der Waals surface area contributed by atoms with Gasteiger partial charge in [0, 0.05) is 0 Å². The SMILES string of the molecule is CC1(C)Oc2c(CCN)cccc2S1. The van der Waals surface area contributed by atoms with E-state index in [1.165, 1.54) is 10.5 Å². The van der Waals surface area contributed by atoms with Gasteiger partial charge in [-0.25, -0.2) is 0 Å². The number of ether oxygens (including phenoxy) is 1. The van der Waals surface area contributed by atoms with E-state index in [1.54, 1.807) is 11.8 Å². The number of rotatable bonds is 2. The van der Waals surface area contributed by atoms with E-state index in [-0.39, 0.29) is 4.93 Å². The molecular weight excluding hydrogens is 194 g/mol. The summed E-state index contributed by atoms with van der Waals surface area (Å²) in [4.78, 5) is 1.11. The Morgan fingerprint density at radius 3 is 2.93 bits per heavy atom. The molecule has 1 heterocycles. The highest BCUT2D eigenvalue weighted by Crippen LogP contribution is 2.48. The Bertz CT molecular complexity index is 349. The van der Waals surface area contributed by atoms with Crippen molar-refractivity contribution in [1.29, 1.82) is 0 Å². The van der Waals surface area contributed by atoms with Crippen molar-refractivity contribution in [2.75, 3.05) is 6.54 Å². The highest BCUT2D eigenvalue weighted by atomic mass is 32.2. The zero-order chi connectivity index (χ0) is 10.2. The molecule has 1 aromatic carbocycles. The van der Waals surface area contributed by atoms with Crippen molar-refractivity contribution in [3.63, 3.8) is 0 Å². The third-order valence-corrected chi connectivity index (χ3v) is 3.29. The number of thioether (sulfide) groups is 1. The van der Waals surface area contributed by atoms with E-state index < -0.39 is 0 Å². The zero-order valence-electron chi connectivity index (χ0n) is 8.54. The normalized spacial score (nSPS) is 17.6. The molecule has 3 heteroatoms. The predicted molar refractivity (Wildman–Crippen MR) is 59.8 cm³/mol. The average Bonchev–Trinajstić information content (AvgIpc) is 2.41. The van der Waals surface area contributed by atoms with Crippen LogP contribution in [0, 0.1) is 0 Å². The summed E-state index contributed by atoms with van der Waals surface area (Å²) in [5, 5.41) is 0. The lowest BCUT2D eigenvalue weighted by atomic mass is 10.1. The predicted octanol–water partition coefficient (Wildman–Crippen LogP) is 2.41. The Morgan fingerprint density at radius 2 is 2.21 bits per heavy atom. The van der Waals surface area contributed by atoms with Crippen LogP contribution in [0.2, 0.25) is 0 Å². The molecule has 0 unspecified atom stereocenters. The van der Waals surface area contributed by atoms with E-state index in [1.807, 2.05) is 0 Å². The summed E-state index contributed by atoms with van der Waals surface area (Å²) in [5.41, 5.74) is 6.78. The first kappa shape index (κ1) is 9.87. The Balaban J connectivity index is 2.36. The lowest BCUT2D eigenvalue weighted by molar-refractivity contribution is 0.213. The highest BCUT2D eigenvalue weighted by molar-refractivity contribution is 8.00. The van der Waals surface area contributed by atoms with Crippen molar-refractivity contribution in [3.05, 3.63) is 23.8 Å². The standard InChI is InChI=1S/C11H15NOS/c1-11(2)13-10-8(6-7-12)4-3-5-9(10)14-11/h3-5H,6-7,12H2,1-2H3. The van der Waals surface area contributed by atoms with Crippen LogP contribution in [-0.4, -0.2) is 11.5 Å². The summed E-state index contributed by atoms with van der Waals surface area (Å²) in [6.45, 7) is 4.85. The number of hydrogen-bond acceptors (Lipinski definition) is 3. The molecule has 0 radical (unpaired) electrons. The van der Waals surface area contributed by atoms with Crippen molar-refractivity contribution >= 4 is 11.8 Å². The summed E-state index contributed by atoms with van der Waals surface area (Å²) in [7, 11) is 0. The van der Waals surface area contributed by atoms with Crippen molar-refractivity contribution in [3.8, 4) is 5.75 Å². The summed E-state index contributed by atoms with van der Waals surface area (Å²) < 4.78 is 5.89. The van der Waals surface area contributed by atoms with Crippen LogP contribution in [0.3, 0.4) is 0 Å². The molecule has 1 aliphatic rings.